The first-order valence-electron chi connectivity index (χ1n) is 12.1. The Morgan fingerprint density at radius 1 is 1.03 bits per heavy atom. The fourth-order valence-electron chi connectivity index (χ4n) is 4.46. The van der Waals surface area contributed by atoms with Gasteiger partial charge in [-0.05, 0) is 74.7 Å². The summed E-state index contributed by atoms with van der Waals surface area (Å²) in [7, 11) is -3.68. The maximum absolute atomic E-state index is 13.2. The third-order valence-electron chi connectivity index (χ3n) is 6.15. The summed E-state index contributed by atoms with van der Waals surface area (Å²) >= 11 is 0. The highest BCUT2D eigenvalue weighted by atomic mass is 32.2. The van der Waals surface area contributed by atoms with Gasteiger partial charge in [0.1, 0.15) is 11.8 Å². The number of hydrogen-bond donors (Lipinski definition) is 1. The molecule has 2 aromatic rings. The van der Waals surface area contributed by atoms with E-state index in [0.717, 1.165) is 31.5 Å². The van der Waals surface area contributed by atoms with Gasteiger partial charge in [-0.2, -0.15) is 0 Å². The monoisotopic (exact) mass is 487 g/mol. The van der Waals surface area contributed by atoms with E-state index in [1.807, 2.05) is 32.0 Å². The van der Waals surface area contributed by atoms with E-state index in [1.165, 1.54) is 29.1 Å². The summed E-state index contributed by atoms with van der Waals surface area (Å²) < 4.78 is 32.1. The van der Waals surface area contributed by atoms with Crippen molar-refractivity contribution in [1.29, 1.82) is 0 Å². The molecule has 0 aromatic heterocycles. The molecule has 1 saturated heterocycles. The summed E-state index contributed by atoms with van der Waals surface area (Å²) in [5, 5.41) is 2.99. The zero-order chi connectivity index (χ0) is 24.6. The van der Waals surface area contributed by atoms with Crippen LogP contribution in [0.3, 0.4) is 0 Å². The molecule has 0 spiro atoms. The Labute approximate surface area is 204 Å². The van der Waals surface area contributed by atoms with E-state index >= 15 is 0 Å². The van der Waals surface area contributed by atoms with Crippen molar-refractivity contribution in [2.45, 2.75) is 58.7 Å². The van der Waals surface area contributed by atoms with Crippen LogP contribution >= 0.6 is 0 Å². The van der Waals surface area contributed by atoms with Gasteiger partial charge in [0.2, 0.25) is 15.9 Å². The standard InChI is InChI=1S/C26H37N3O4S/c1-4-25(29(34(3,31)32)23-13-15-24(16-14-23)33-5-2)26(30)27-19-21-11-7-8-12-22(21)20-28-17-9-6-10-18-28/h7-8,11-16,25H,4-6,9-10,17-20H2,1-3H3,(H,27,30)/t25-/m1/s1. The summed E-state index contributed by atoms with van der Waals surface area (Å²) in [4.78, 5) is 15.7. The van der Waals surface area contributed by atoms with Crippen LogP contribution in [0.15, 0.2) is 48.5 Å². The molecule has 1 aliphatic heterocycles. The van der Waals surface area contributed by atoms with Gasteiger partial charge in [0.15, 0.2) is 0 Å². The van der Waals surface area contributed by atoms with E-state index in [9.17, 15) is 13.2 Å². The molecule has 8 heteroatoms. The maximum atomic E-state index is 13.2. The van der Waals surface area contributed by atoms with Crippen molar-refractivity contribution in [3.63, 3.8) is 0 Å². The van der Waals surface area contributed by atoms with Gasteiger partial charge in [0, 0.05) is 13.1 Å². The molecule has 0 saturated carbocycles. The van der Waals surface area contributed by atoms with Crippen molar-refractivity contribution < 1.29 is 17.9 Å². The topological polar surface area (TPSA) is 79.0 Å². The second kappa shape index (κ2) is 12.2. The number of nitrogens with zero attached hydrogens (tertiary/aromatic N) is 2. The number of rotatable bonds is 11. The van der Waals surface area contributed by atoms with Crippen molar-refractivity contribution in [2.24, 2.45) is 0 Å². The summed E-state index contributed by atoms with van der Waals surface area (Å²) in [6.45, 7) is 7.66. The molecule has 0 bridgehead atoms. The van der Waals surface area contributed by atoms with Crippen molar-refractivity contribution >= 4 is 21.6 Å². The number of benzene rings is 2. The molecule has 1 atom stereocenters. The smallest absolute Gasteiger partial charge is 0.244 e. The van der Waals surface area contributed by atoms with Gasteiger partial charge in [-0.1, -0.05) is 37.6 Å². The molecular formula is C26H37N3O4S. The van der Waals surface area contributed by atoms with Crippen LogP contribution in [0.25, 0.3) is 0 Å². The van der Waals surface area contributed by atoms with E-state index in [0.29, 0.717) is 31.0 Å². The predicted molar refractivity (Wildman–Crippen MR) is 136 cm³/mol. The van der Waals surface area contributed by atoms with Gasteiger partial charge >= 0.3 is 0 Å². The average molecular weight is 488 g/mol. The molecule has 1 aliphatic rings. The number of ether oxygens (including phenoxy) is 1. The van der Waals surface area contributed by atoms with Crippen molar-refractivity contribution in [3.05, 3.63) is 59.7 Å². The second-order valence-electron chi connectivity index (χ2n) is 8.73. The number of carbonyl (C=O) groups is 1. The fourth-order valence-corrected chi connectivity index (χ4v) is 5.67. The molecule has 0 radical (unpaired) electrons. The van der Waals surface area contributed by atoms with Gasteiger partial charge in [0.25, 0.3) is 0 Å². The van der Waals surface area contributed by atoms with Gasteiger partial charge < -0.3 is 10.1 Å². The molecular weight excluding hydrogens is 450 g/mol. The third-order valence-corrected chi connectivity index (χ3v) is 7.33. The Balaban J connectivity index is 1.74. The molecule has 34 heavy (non-hydrogen) atoms. The van der Waals surface area contributed by atoms with Crippen LogP contribution < -0.4 is 14.4 Å². The molecule has 1 fully saturated rings. The lowest BCUT2D eigenvalue weighted by molar-refractivity contribution is -0.122. The van der Waals surface area contributed by atoms with Crippen LogP contribution in [0.5, 0.6) is 5.75 Å². The zero-order valence-corrected chi connectivity index (χ0v) is 21.3. The first-order valence-corrected chi connectivity index (χ1v) is 14.0. The molecule has 7 nitrogen and oxygen atoms in total. The van der Waals surface area contributed by atoms with Crippen molar-refractivity contribution in [3.8, 4) is 5.75 Å². The van der Waals surface area contributed by atoms with E-state index in [1.54, 1.807) is 24.3 Å². The van der Waals surface area contributed by atoms with E-state index in [4.69, 9.17) is 4.74 Å². The Kier molecular flexibility index (Phi) is 9.36. The number of anilines is 1. The lowest BCUT2D eigenvalue weighted by Crippen LogP contribution is -2.49. The minimum absolute atomic E-state index is 0.311. The van der Waals surface area contributed by atoms with E-state index in [-0.39, 0.29) is 5.91 Å². The molecule has 1 amide bonds. The summed E-state index contributed by atoms with van der Waals surface area (Å²) in [6, 6.07) is 14.1. The lowest BCUT2D eigenvalue weighted by atomic mass is 10.0. The first kappa shape index (κ1) is 26.0. The van der Waals surface area contributed by atoms with Crippen LogP contribution in [0, 0.1) is 0 Å². The van der Waals surface area contributed by atoms with Crippen LogP contribution in [0.4, 0.5) is 5.69 Å². The molecule has 3 rings (SSSR count). The Bertz CT molecular complexity index is 1030. The van der Waals surface area contributed by atoms with Crippen LogP contribution in [0.2, 0.25) is 0 Å². The Morgan fingerprint density at radius 2 is 1.68 bits per heavy atom. The number of nitrogens with one attached hydrogen (secondary N) is 1. The molecule has 1 heterocycles. The predicted octanol–water partition coefficient (Wildman–Crippen LogP) is 3.93. The summed E-state index contributed by atoms with van der Waals surface area (Å²) in [6.07, 6.45) is 5.22. The van der Waals surface area contributed by atoms with Gasteiger partial charge in [0.05, 0.1) is 18.6 Å². The molecule has 0 unspecified atom stereocenters. The van der Waals surface area contributed by atoms with E-state index < -0.39 is 16.1 Å². The van der Waals surface area contributed by atoms with Gasteiger partial charge in [-0.25, -0.2) is 8.42 Å². The molecule has 2 aromatic carbocycles. The number of likely N-dealkylation sites (tertiary alicyclic amines) is 1. The fraction of sp³-hybridized carbons (Fsp3) is 0.500. The number of sulfonamides is 1. The number of amides is 1. The largest absolute Gasteiger partial charge is 0.494 e. The van der Waals surface area contributed by atoms with Gasteiger partial charge in [-0.3, -0.25) is 14.0 Å². The number of carbonyl (C=O) groups excluding carboxylic acids is 1. The first-order chi connectivity index (χ1) is 16.3. The quantitative estimate of drug-likeness (QED) is 0.520. The normalized spacial score (nSPS) is 15.5. The highest BCUT2D eigenvalue weighted by Gasteiger charge is 2.31. The highest BCUT2D eigenvalue weighted by Crippen LogP contribution is 2.25. The number of hydrogen-bond acceptors (Lipinski definition) is 5. The van der Waals surface area contributed by atoms with Crippen LogP contribution in [0.1, 0.15) is 50.7 Å². The molecule has 1 N–H and O–H groups in total. The second-order valence-corrected chi connectivity index (χ2v) is 10.6. The summed E-state index contributed by atoms with van der Waals surface area (Å²) in [5.74, 6) is 0.345. The highest BCUT2D eigenvalue weighted by molar-refractivity contribution is 7.92. The minimum Gasteiger partial charge on any atom is -0.494 e. The molecule has 186 valence electrons. The van der Waals surface area contributed by atoms with Crippen molar-refractivity contribution in [2.75, 3.05) is 30.3 Å². The van der Waals surface area contributed by atoms with Crippen LogP contribution in [-0.4, -0.2) is 51.2 Å². The average Bonchev–Trinajstić information content (AvgIpc) is 2.82. The SMILES string of the molecule is CCOc1ccc(N([C@H](CC)C(=O)NCc2ccccc2CN2CCCCC2)S(C)(=O)=O)cc1. The Hall–Kier alpha value is -2.58. The minimum atomic E-state index is -3.68. The third kappa shape index (κ3) is 6.96. The van der Waals surface area contributed by atoms with Gasteiger partial charge in [-0.15, -0.1) is 0 Å². The zero-order valence-electron chi connectivity index (χ0n) is 20.5. The maximum Gasteiger partial charge on any atom is 0.244 e. The lowest BCUT2D eigenvalue weighted by Gasteiger charge is -2.30. The Morgan fingerprint density at radius 3 is 2.26 bits per heavy atom. The van der Waals surface area contributed by atoms with Crippen LogP contribution in [-0.2, 0) is 27.9 Å². The van der Waals surface area contributed by atoms with E-state index in [2.05, 4.69) is 16.3 Å². The van der Waals surface area contributed by atoms with Crippen molar-refractivity contribution in [1.82, 2.24) is 10.2 Å². The summed E-state index contributed by atoms with van der Waals surface area (Å²) in [5.41, 5.74) is 2.70. The number of piperidine rings is 1. The molecule has 0 aliphatic carbocycles.